The maximum Gasteiger partial charge on any atom is 0.246 e. The third-order valence-corrected chi connectivity index (χ3v) is 11.6. The molecule has 1 spiro atoms. The van der Waals surface area contributed by atoms with Crippen molar-refractivity contribution in [2.75, 3.05) is 11.9 Å². The first-order chi connectivity index (χ1) is 20.9. The van der Waals surface area contributed by atoms with E-state index in [2.05, 4.69) is 22.0 Å². The molecule has 44 heavy (non-hydrogen) atoms. The zero-order valence-electron chi connectivity index (χ0n) is 26.2. The van der Waals surface area contributed by atoms with Gasteiger partial charge in [0.2, 0.25) is 23.6 Å². The van der Waals surface area contributed by atoms with E-state index in [4.69, 9.17) is 0 Å². The molecule has 1 aromatic rings. The van der Waals surface area contributed by atoms with Crippen LogP contribution in [0.1, 0.15) is 90.5 Å². The number of hydrogen-bond donors (Lipinski definition) is 3. The number of nitriles is 1. The van der Waals surface area contributed by atoms with Gasteiger partial charge in [0, 0.05) is 18.7 Å². The van der Waals surface area contributed by atoms with Crippen LogP contribution in [-0.2, 0) is 24.6 Å². The van der Waals surface area contributed by atoms with Crippen LogP contribution in [0.4, 0.5) is 5.69 Å². The lowest BCUT2D eigenvalue weighted by Gasteiger charge is -2.38. The summed E-state index contributed by atoms with van der Waals surface area (Å²) in [5, 5.41) is 19.3. The highest BCUT2D eigenvalue weighted by Crippen LogP contribution is 2.64. The van der Waals surface area contributed by atoms with Gasteiger partial charge >= 0.3 is 0 Å². The number of hydrogen-bond acceptors (Lipinski definition) is 5. The minimum atomic E-state index is -0.995. The summed E-state index contributed by atoms with van der Waals surface area (Å²) in [6, 6.07) is 7.33. The Bertz CT molecular complexity index is 1420. The number of rotatable bonds is 8. The number of nitrogens with one attached hydrogen (secondary N) is 3. The number of para-hydroxylation sites is 1. The molecule has 234 valence electrons. The van der Waals surface area contributed by atoms with Gasteiger partial charge in [-0.3, -0.25) is 19.2 Å². The van der Waals surface area contributed by atoms with Crippen LogP contribution >= 0.6 is 0 Å². The molecular weight excluding hydrogens is 554 g/mol. The van der Waals surface area contributed by atoms with Crippen LogP contribution in [0.3, 0.4) is 0 Å². The minimum Gasteiger partial charge on any atom is -0.344 e. The van der Waals surface area contributed by atoms with Crippen molar-refractivity contribution in [2.24, 2.45) is 34.5 Å². The average molecular weight is 600 g/mol. The van der Waals surface area contributed by atoms with Crippen molar-refractivity contribution < 1.29 is 19.2 Å². The molecule has 6 atom stereocenters. The zero-order chi connectivity index (χ0) is 31.0. The van der Waals surface area contributed by atoms with Crippen LogP contribution in [0, 0.1) is 45.8 Å². The maximum atomic E-state index is 14.3. The molecule has 6 fully saturated rings. The Balaban J connectivity index is 1.11. The predicted molar refractivity (Wildman–Crippen MR) is 164 cm³/mol. The van der Waals surface area contributed by atoms with Gasteiger partial charge in [0.1, 0.15) is 18.1 Å². The smallest absolute Gasteiger partial charge is 0.246 e. The molecule has 9 nitrogen and oxygen atoms in total. The Labute approximate surface area is 259 Å². The fourth-order valence-corrected chi connectivity index (χ4v) is 9.59. The highest BCUT2D eigenvalue weighted by Gasteiger charge is 2.60. The number of nitrogens with zero attached hydrogens (tertiary/aromatic N) is 2. The van der Waals surface area contributed by atoms with Crippen molar-refractivity contribution in [1.82, 2.24) is 15.5 Å². The number of likely N-dealkylation sites (tertiary alicyclic amines) is 1. The first-order valence-electron chi connectivity index (χ1n) is 16.6. The van der Waals surface area contributed by atoms with Gasteiger partial charge < -0.3 is 20.9 Å². The Morgan fingerprint density at radius 3 is 2.39 bits per heavy atom. The summed E-state index contributed by atoms with van der Waals surface area (Å²) in [6.45, 7) is 6.13. The van der Waals surface area contributed by atoms with Crippen LogP contribution < -0.4 is 16.0 Å². The largest absolute Gasteiger partial charge is 0.344 e. The van der Waals surface area contributed by atoms with Crippen molar-refractivity contribution in [3.05, 3.63) is 29.8 Å². The summed E-state index contributed by atoms with van der Waals surface area (Å²) < 4.78 is 0. The minimum absolute atomic E-state index is 0.0193. The summed E-state index contributed by atoms with van der Waals surface area (Å²) in [4.78, 5) is 56.9. The van der Waals surface area contributed by atoms with Gasteiger partial charge in [-0.15, -0.1) is 0 Å². The number of amides is 4. The molecule has 0 aromatic heterocycles. The summed E-state index contributed by atoms with van der Waals surface area (Å²) in [7, 11) is 0. The lowest BCUT2D eigenvalue weighted by Crippen LogP contribution is -2.57. The standard InChI is InChI=1S/C35H45N5O4/c1-33(2,3)17-28(30(42)40-19-35(16-24(40)18-36)25-6-4-5-7-26(25)38-32(35)44)37-29(41)27(12-20-8-9-20)39-31(43)34-13-21-10-22(14-34)23(11-21)15-34/h4-7,20-24,27-28H,8-17,19H2,1-3H3,(H,37,41)(H,38,44)(H,39,43)/t21?,22?,23?,24-,27-,28-,34?,35-/m0/s1. The van der Waals surface area contributed by atoms with E-state index >= 15 is 0 Å². The summed E-state index contributed by atoms with van der Waals surface area (Å²) in [5.74, 6) is 1.47. The molecule has 1 saturated heterocycles. The van der Waals surface area contributed by atoms with E-state index in [0.29, 0.717) is 42.2 Å². The molecule has 7 aliphatic rings. The SMILES string of the molecule is CC(C)(C)C[C@H](NC(=O)[C@H](CC1CC1)NC(=O)C12CC3CC(C1)C(C3)C2)C(=O)N1C[C@]2(C[C@H]1C#N)C(=O)Nc1ccccc12. The summed E-state index contributed by atoms with van der Waals surface area (Å²) in [6.07, 6.45) is 8.53. The quantitative estimate of drug-likeness (QED) is 0.415. The van der Waals surface area contributed by atoms with E-state index in [1.807, 2.05) is 45.0 Å². The predicted octanol–water partition coefficient (Wildman–Crippen LogP) is 4.03. The fraction of sp³-hybridized carbons (Fsp3) is 0.686. The molecule has 4 bridgehead atoms. The molecule has 5 saturated carbocycles. The Morgan fingerprint density at radius 1 is 1.05 bits per heavy atom. The van der Waals surface area contributed by atoms with Crippen molar-refractivity contribution >= 4 is 29.3 Å². The molecule has 5 aliphatic carbocycles. The van der Waals surface area contributed by atoms with E-state index < -0.39 is 23.5 Å². The van der Waals surface area contributed by atoms with Gasteiger partial charge in [0.05, 0.1) is 16.9 Å². The van der Waals surface area contributed by atoms with E-state index in [1.165, 1.54) is 17.7 Å². The maximum absolute atomic E-state index is 14.3. The van der Waals surface area contributed by atoms with Crippen LogP contribution in [0.25, 0.3) is 0 Å². The molecule has 3 N–H and O–H groups in total. The molecular formula is C35H45N5O4. The molecule has 2 unspecified atom stereocenters. The molecule has 9 heteroatoms. The second-order valence-electron chi connectivity index (χ2n) is 16.2. The molecule has 2 aliphatic heterocycles. The summed E-state index contributed by atoms with van der Waals surface area (Å²) in [5.41, 5.74) is -0.130. The van der Waals surface area contributed by atoms with Gasteiger partial charge in [0.15, 0.2) is 0 Å². The van der Waals surface area contributed by atoms with E-state index in [9.17, 15) is 24.4 Å². The Morgan fingerprint density at radius 2 is 1.75 bits per heavy atom. The van der Waals surface area contributed by atoms with Gasteiger partial charge in [-0.05, 0) is 85.7 Å². The number of carbonyl (C=O) groups excluding carboxylic acids is 4. The molecule has 4 amide bonds. The van der Waals surface area contributed by atoms with Crippen molar-refractivity contribution in [2.45, 2.75) is 109 Å². The third kappa shape index (κ3) is 4.98. The van der Waals surface area contributed by atoms with Crippen molar-refractivity contribution in [3.8, 4) is 6.07 Å². The van der Waals surface area contributed by atoms with Gasteiger partial charge in [0.25, 0.3) is 0 Å². The summed E-state index contributed by atoms with van der Waals surface area (Å²) >= 11 is 0. The van der Waals surface area contributed by atoms with E-state index in [1.54, 1.807) is 0 Å². The average Bonchev–Trinajstić information content (AvgIpc) is 3.45. The Hall–Kier alpha value is -3.41. The first-order valence-corrected chi connectivity index (χ1v) is 16.6. The number of carbonyl (C=O) groups is 4. The number of fused-ring (bicyclic) bond motifs is 2. The molecule has 0 radical (unpaired) electrons. The van der Waals surface area contributed by atoms with Crippen molar-refractivity contribution in [3.63, 3.8) is 0 Å². The normalized spacial score (nSPS) is 34.4. The number of anilines is 1. The van der Waals surface area contributed by atoms with Crippen molar-refractivity contribution in [1.29, 1.82) is 5.26 Å². The van der Waals surface area contributed by atoms with E-state index in [0.717, 1.165) is 37.7 Å². The highest BCUT2D eigenvalue weighted by atomic mass is 16.2. The van der Waals surface area contributed by atoms with Crippen LogP contribution in [0.2, 0.25) is 0 Å². The topological polar surface area (TPSA) is 131 Å². The lowest BCUT2D eigenvalue weighted by atomic mass is 9.69. The van der Waals surface area contributed by atoms with Crippen LogP contribution in [-0.4, -0.2) is 53.2 Å². The number of benzene rings is 1. The van der Waals surface area contributed by atoms with Crippen LogP contribution in [0.15, 0.2) is 24.3 Å². The fourth-order valence-electron chi connectivity index (χ4n) is 9.59. The lowest BCUT2D eigenvalue weighted by molar-refractivity contribution is -0.140. The third-order valence-electron chi connectivity index (χ3n) is 11.6. The molecule has 1 aromatic carbocycles. The van der Waals surface area contributed by atoms with Gasteiger partial charge in [-0.1, -0.05) is 51.8 Å². The van der Waals surface area contributed by atoms with E-state index in [-0.39, 0.29) is 47.4 Å². The van der Waals surface area contributed by atoms with Gasteiger partial charge in [-0.25, -0.2) is 0 Å². The Kier molecular flexibility index (Phi) is 6.87. The van der Waals surface area contributed by atoms with Crippen LogP contribution in [0.5, 0.6) is 0 Å². The zero-order valence-corrected chi connectivity index (χ0v) is 26.2. The molecule has 2 heterocycles. The monoisotopic (exact) mass is 599 g/mol. The molecule has 8 rings (SSSR count). The second kappa shape index (κ2) is 10.3. The highest BCUT2D eigenvalue weighted by molar-refractivity contribution is 6.07. The second-order valence-corrected chi connectivity index (χ2v) is 16.2. The van der Waals surface area contributed by atoms with Gasteiger partial charge in [-0.2, -0.15) is 5.26 Å². The first kappa shape index (κ1) is 29.3.